The molecule has 3 fully saturated rings. The number of ether oxygens (including phenoxy) is 2. The van der Waals surface area contributed by atoms with E-state index in [9.17, 15) is 18.3 Å². The zero-order chi connectivity index (χ0) is 39.0. The first kappa shape index (κ1) is 39.3. The van der Waals surface area contributed by atoms with Crippen LogP contribution in [0.5, 0.6) is 0 Å². The molecule has 9 nitrogen and oxygen atoms in total. The van der Waals surface area contributed by atoms with Crippen LogP contribution in [0.1, 0.15) is 87.2 Å². The molecule has 2 heterocycles. The van der Waals surface area contributed by atoms with Gasteiger partial charge in [-0.2, -0.15) is 4.72 Å². The Labute approximate surface area is 326 Å². The van der Waals surface area contributed by atoms with Gasteiger partial charge in [0.1, 0.15) is 6.04 Å². The first-order chi connectivity index (χ1) is 26.2. The average molecular weight is 766 g/mol. The number of aliphatic hydroxyl groups is 1. The molecule has 0 aromatic heterocycles. The second-order valence-corrected chi connectivity index (χ2v) is 19.0. The van der Waals surface area contributed by atoms with Crippen LogP contribution in [-0.2, 0) is 37.3 Å². The lowest BCUT2D eigenvalue weighted by Gasteiger charge is -2.43. The molecule has 3 aliphatic rings. The molecule has 7 atom stereocenters. The molecule has 4 aromatic rings. The number of likely N-dealkylation sites (tertiary alicyclic amines) is 1. The fourth-order valence-corrected chi connectivity index (χ4v) is 10.5. The Morgan fingerprint density at radius 3 is 2.22 bits per heavy atom. The largest absolute Gasteiger partial charge is 0.392 e. The smallest absolute Gasteiger partial charge is 0.242 e. The summed E-state index contributed by atoms with van der Waals surface area (Å²) in [5.41, 5.74) is 5.63. The number of fused-ring (bicyclic) bond motifs is 2. The number of carbonyl (C=O) groups excluding carboxylic acids is 1. The van der Waals surface area contributed by atoms with Crippen molar-refractivity contribution in [2.45, 2.75) is 102 Å². The number of hydrogen-bond acceptors (Lipinski definition) is 7. The Hall–Kier alpha value is -3.90. The molecule has 4 aromatic carbocycles. The van der Waals surface area contributed by atoms with Gasteiger partial charge in [0.2, 0.25) is 15.9 Å². The Bertz CT molecular complexity index is 2040. The molecule has 0 radical (unpaired) electrons. The molecule has 0 spiro atoms. The fourth-order valence-electron chi connectivity index (χ4n) is 9.31. The average Bonchev–Trinajstić information content (AvgIpc) is 3.39. The Balaban J connectivity index is 1.10. The summed E-state index contributed by atoms with van der Waals surface area (Å²) in [6, 6.07) is 30.8. The van der Waals surface area contributed by atoms with Crippen molar-refractivity contribution in [2.24, 2.45) is 16.7 Å². The molecule has 1 aliphatic carbocycles. The highest BCUT2D eigenvalue weighted by atomic mass is 32.2. The van der Waals surface area contributed by atoms with Crippen LogP contribution in [0.2, 0.25) is 0 Å². The number of rotatable bonds is 12. The summed E-state index contributed by atoms with van der Waals surface area (Å²) in [5, 5.41) is 12.6. The van der Waals surface area contributed by atoms with Gasteiger partial charge in [-0.25, -0.2) is 8.42 Å². The fraction of sp³-hybridized carbons (Fsp3) is 0.444. The number of anilines is 1. The molecule has 55 heavy (non-hydrogen) atoms. The van der Waals surface area contributed by atoms with Gasteiger partial charge >= 0.3 is 0 Å². The molecule has 292 valence electrons. The van der Waals surface area contributed by atoms with Gasteiger partial charge in [0.05, 0.1) is 23.7 Å². The van der Waals surface area contributed by atoms with Crippen LogP contribution < -0.4 is 10.0 Å². The maximum atomic E-state index is 13.8. The third kappa shape index (κ3) is 9.22. The SMILES string of the molecule is Cc1ccc(S(=O)(=O)N[C@H](Cc2ccccc2)C(=O)Nc2ccc([C@@H]3O[C@H](CN4CC5(C)CC4CC(C)(C)C5)[C@H](C)[C@H](c4ccc(CO)cc4)O3)cc2)cc1. The summed E-state index contributed by atoms with van der Waals surface area (Å²) in [7, 11) is -3.98. The second kappa shape index (κ2) is 15.9. The van der Waals surface area contributed by atoms with E-state index in [4.69, 9.17) is 9.47 Å². The van der Waals surface area contributed by atoms with Gasteiger partial charge < -0.3 is 19.9 Å². The third-order valence-corrected chi connectivity index (χ3v) is 13.2. The maximum Gasteiger partial charge on any atom is 0.242 e. The zero-order valence-electron chi connectivity index (χ0n) is 32.6. The highest BCUT2D eigenvalue weighted by Gasteiger charge is 2.51. The number of benzene rings is 4. The molecular formula is C45H55N3O6S. The predicted octanol–water partition coefficient (Wildman–Crippen LogP) is 7.71. The minimum atomic E-state index is -3.98. The van der Waals surface area contributed by atoms with Crippen LogP contribution in [-0.4, -0.2) is 55.6 Å². The lowest BCUT2D eigenvalue weighted by molar-refractivity contribution is -0.276. The molecule has 2 saturated heterocycles. The Morgan fingerprint density at radius 1 is 0.873 bits per heavy atom. The van der Waals surface area contributed by atoms with E-state index < -0.39 is 28.3 Å². The van der Waals surface area contributed by atoms with E-state index in [0.29, 0.717) is 22.6 Å². The van der Waals surface area contributed by atoms with Gasteiger partial charge in [0.25, 0.3) is 0 Å². The van der Waals surface area contributed by atoms with Crippen molar-refractivity contribution in [1.82, 2.24) is 9.62 Å². The van der Waals surface area contributed by atoms with Gasteiger partial charge in [0.15, 0.2) is 6.29 Å². The topological polar surface area (TPSA) is 117 Å². The second-order valence-electron chi connectivity index (χ2n) is 17.3. The van der Waals surface area contributed by atoms with Gasteiger partial charge in [-0.3, -0.25) is 9.69 Å². The highest BCUT2D eigenvalue weighted by molar-refractivity contribution is 7.89. The van der Waals surface area contributed by atoms with Gasteiger partial charge in [-0.1, -0.05) is 112 Å². The molecule has 10 heteroatoms. The van der Waals surface area contributed by atoms with Gasteiger partial charge in [-0.15, -0.1) is 0 Å². The van der Waals surface area contributed by atoms with Crippen LogP contribution in [0.4, 0.5) is 5.69 Å². The molecule has 2 bridgehead atoms. The molecule has 7 rings (SSSR count). The van der Waals surface area contributed by atoms with Gasteiger partial charge in [0, 0.05) is 36.3 Å². The molecule has 2 aliphatic heterocycles. The van der Waals surface area contributed by atoms with Gasteiger partial charge in [-0.05, 0) is 84.4 Å². The lowest BCUT2D eigenvalue weighted by Crippen LogP contribution is -2.46. The number of nitrogens with one attached hydrogen (secondary N) is 2. The molecule has 3 N–H and O–H groups in total. The Morgan fingerprint density at radius 2 is 1.55 bits per heavy atom. The number of sulfonamides is 1. The van der Waals surface area contributed by atoms with Crippen LogP contribution in [0.3, 0.4) is 0 Å². The summed E-state index contributed by atoms with van der Waals surface area (Å²) in [5.74, 6) is -0.397. The number of carbonyl (C=O) groups is 1. The maximum absolute atomic E-state index is 13.8. The van der Waals surface area contributed by atoms with Crippen molar-refractivity contribution < 1.29 is 27.8 Å². The number of hydrogen-bond donors (Lipinski definition) is 3. The number of amides is 1. The first-order valence-electron chi connectivity index (χ1n) is 19.5. The van der Waals surface area contributed by atoms with Crippen molar-refractivity contribution in [3.8, 4) is 0 Å². The summed E-state index contributed by atoms with van der Waals surface area (Å²) in [4.78, 5) is 16.5. The first-order valence-corrected chi connectivity index (χ1v) is 21.0. The molecule has 2 unspecified atom stereocenters. The van der Waals surface area contributed by atoms with E-state index in [0.717, 1.165) is 40.9 Å². The monoisotopic (exact) mass is 765 g/mol. The van der Waals surface area contributed by atoms with Crippen LogP contribution >= 0.6 is 0 Å². The number of aryl methyl sites for hydroxylation is 1. The minimum Gasteiger partial charge on any atom is -0.392 e. The quantitative estimate of drug-likeness (QED) is 0.135. The number of aliphatic hydroxyl groups excluding tert-OH is 1. The van der Waals surface area contributed by atoms with Crippen molar-refractivity contribution in [3.63, 3.8) is 0 Å². The third-order valence-electron chi connectivity index (χ3n) is 11.7. The lowest BCUT2D eigenvalue weighted by atomic mass is 9.65. The van der Waals surface area contributed by atoms with Crippen LogP contribution in [0.15, 0.2) is 108 Å². The summed E-state index contributed by atoms with van der Waals surface area (Å²) in [6.45, 7) is 13.2. The molecular weight excluding hydrogens is 711 g/mol. The summed E-state index contributed by atoms with van der Waals surface area (Å²) >= 11 is 0. The van der Waals surface area contributed by atoms with Crippen LogP contribution in [0, 0.1) is 23.7 Å². The Kier molecular flexibility index (Phi) is 11.4. The number of nitrogens with zero attached hydrogens (tertiary/aromatic N) is 1. The van der Waals surface area contributed by atoms with E-state index >= 15 is 0 Å². The predicted molar refractivity (Wildman–Crippen MR) is 215 cm³/mol. The summed E-state index contributed by atoms with van der Waals surface area (Å²) < 4.78 is 43.0. The van der Waals surface area contributed by atoms with Crippen molar-refractivity contribution >= 4 is 21.6 Å². The normalized spacial score (nSPS) is 27.1. The van der Waals surface area contributed by atoms with E-state index in [1.807, 2.05) is 73.7 Å². The van der Waals surface area contributed by atoms with E-state index in [-0.39, 0.29) is 36.0 Å². The zero-order valence-corrected chi connectivity index (χ0v) is 33.4. The van der Waals surface area contributed by atoms with E-state index in [2.05, 4.69) is 42.6 Å². The highest BCUT2D eigenvalue weighted by Crippen LogP contribution is 2.53. The van der Waals surface area contributed by atoms with Crippen LogP contribution in [0.25, 0.3) is 0 Å². The van der Waals surface area contributed by atoms with Crippen molar-refractivity contribution in [2.75, 3.05) is 18.4 Å². The minimum absolute atomic E-state index is 0.0182. The summed E-state index contributed by atoms with van der Waals surface area (Å²) in [6.07, 6.45) is 2.84. The van der Waals surface area contributed by atoms with Crippen molar-refractivity contribution in [3.05, 3.63) is 131 Å². The van der Waals surface area contributed by atoms with E-state index in [1.165, 1.54) is 19.3 Å². The van der Waals surface area contributed by atoms with E-state index in [1.54, 1.807) is 36.4 Å². The molecule has 1 saturated carbocycles. The standard InChI is InChI=1S/C45H55N3O6S/c1-30-11-21-38(22-12-30)55(51,52)47-39(23-32-9-7-6-8-10-32)42(50)46-36-19-17-35(18-20-36)43-53-40(26-48-29-45(5)25-37(48)24-44(3,4)28-45)31(2)41(54-43)34-15-13-33(27-49)14-16-34/h6-22,31,37,39-41,43,47,49H,23-29H2,1-5H3,(H,46,50)/t31-,37?,39+,40+,41+,43+,45?/m0/s1. The van der Waals surface area contributed by atoms with Crippen molar-refractivity contribution in [1.29, 1.82) is 0 Å². The molecule has 1 amide bonds.